The van der Waals surface area contributed by atoms with Crippen LogP contribution in [0.2, 0.25) is 0 Å². The fourth-order valence-corrected chi connectivity index (χ4v) is 1.87. The highest BCUT2D eigenvalue weighted by molar-refractivity contribution is 9.10. The SMILES string of the molecule is COc1c(C)cnc2ccc(Br)cc12. The lowest BCUT2D eigenvalue weighted by atomic mass is 10.1. The second-order valence-electron chi connectivity index (χ2n) is 3.14. The Balaban J connectivity index is 2.84. The third kappa shape index (κ3) is 1.48. The number of methoxy groups -OCH3 is 1. The number of fused-ring (bicyclic) bond motifs is 1. The average molecular weight is 252 g/mol. The number of aromatic nitrogens is 1. The summed E-state index contributed by atoms with van der Waals surface area (Å²) in [6.45, 7) is 1.99. The van der Waals surface area contributed by atoms with Gasteiger partial charge in [0.1, 0.15) is 5.75 Å². The minimum atomic E-state index is 0.899. The quantitative estimate of drug-likeness (QED) is 0.776. The minimum absolute atomic E-state index is 0.899. The Morgan fingerprint density at radius 2 is 2.14 bits per heavy atom. The van der Waals surface area contributed by atoms with Crippen molar-refractivity contribution in [1.29, 1.82) is 0 Å². The predicted octanol–water partition coefficient (Wildman–Crippen LogP) is 3.31. The molecule has 0 aliphatic carbocycles. The van der Waals surface area contributed by atoms with Gasteiger partial charge in [-0.1, -0.05) is 15.9 Å². The molecule has 2 rings (SSSR count). The molecule has 0 fully saturated rings. The van der Waals surface area contributed by atoms with Gasteiger partial charge in [0.15, 0.2) is 0 Å². The Morgan fingerprint density at radius 3 is 2.86 bits per heavy atom. The molecule has 1 aromatic heterocycles. The van der Waals surface area contributed by atoms with Crippen molar-refractivity contribution in [1.82, 2.24) is 4.98 Å². The zero-order chi connectivity index (χ0) is 10.1. The van der Waals surface area contributed by atoms with Crippen molar-refractivity contribution < 1.29 is 4.74 Å². The third-order valence-electron chi connectivity index (χ3n) is 2.16. The van der Waals surface area contributed by atoms with Crippen molar-refractivity contribution in [3.05, 3.63) is 34.4 Å². The molecule has 0 radical (unpaired) electrons. The van der Waals surface area contributed by atoms with Gasteiger partial charge in [0.25, 0.3) is 0 Å². The van der Waals surface area contributed by atoms with Crippen molar-refractivity contribution in [2.45, 2.75) is 6.92 Å². The summed E-state index contributed by atoms with van der Waals surface area (Å²) in [4.78, 5) is 4.33. The fraction of sp³-hybridized carbons (Fsp3) is 0.182. The third-order valence-corrected chi connectivity index (χ3v) is 2.66. The summed E-state index contributed by atoms with van der Waals surface area (Å²) in [5.74, 6) is 0.899. The maximum Gasteiger partial charge on any atom is 0.132 e. The number of pyridine rings is 1. The Labute approximate surface area is 91.0 Å². The molecular formula is C11H10BrNO. The van der Waals surface area contributed by atoms with E-state index in [0.717, 1.165) is 26.7 Å². The first-order chi connectivity index (χ1) is 6.72. The van der Waals surface area contributed by atoms with E-state index in [9.17, 15) is 0 Å². The summed E-state index contributed by atoms with van der Waals surface area (Å²) in [6.07, 6.45) is 1.83. The van der Waals surface area contributed by atoms with E-state index in [4.69, 9.17) is 4.74 Å². The maximum atomic E-state index is 5.35. The molecule has 2 aromatic rings. The van der Waals surface area contributed by atoms with Crippen LogP contribution in [0.25, 0.3) is 10.9 Å². The monoisotopic (exact) mass is 251 g/mol. The van der Waals surface area contributed by atoms with Crippen molar-refractivity contribution >= 4 is 26.8 Å². The maximum absolute atomic E-state index is 5.35. The van der Waals surface area contributed by atoms with Gasteiger partial charge in [0.2, 0.25) is 0 Å². The van der Waals surface area contributed by atoms with Crippen LogP contribution in [-0.2, 0) is 0 Å². The number of hydrogen-bond acceptors (Lipinski definition) is 2. The zero-order valence-corrected chi connectivity index (χ0v) is 9.63. The van der Waals surface area contributed by atoms with Crippen LogP contribution in [0.3, 0.4) is 0 Å². The highest BCUT2D eigenvalue weighted by atomic mass is 79.9. The number of ether oxygens (including phenoxy) is 1. The second kappa shape index (κ2) is 3.58. The lowest BCUT2D eigenvalue weighted by molar-refractivity contribution is 0.416. The molecule has 0 saturated carbocycles. The van der Waals surface area contributed by atoms with Crippen LogP contribution in [-0.4, -0.2) is 12.1 Å². The number of halogens is 1. The van der Waals surface area contributed by atoms with Crippen LogP contribution in [0.15, 0.2) is 28.9 Å². The molecule has 1 heterocycles. The van der Waals surface area contributed by atoms with Crippen molar-refractivity contribution in [2.24, 2.45) is 0 Å². The molecule has 3 heteroatoms. The summed E-state index contributed by atoms with van der Waals surface area (Å²) >= 11 is 3.44. The highest BCUT2D eigenvalue weighted by Gasteiger charge is 2.05. The van der Waals surface area contributed by atoms with Gasteiger partial charge in [-0.15, -0.1) is 0 Å². The molecule has 1 aromatic carbocycles. The topological polar surface area (TPSA) is 22.1 Å². The van der Waals surface area contributed by atoms with Crippen LogP contribution in [0.5, 0.6) is 5.75 Å². The minimum Gasteiger partial charge on any atom is -0.496 e. The predicted molar refractivity (Wildman–Crippen MR) is 60.7 cm³/mol. The molecule has 0 atom stereocenters. The fourth-order valence-electron chi connectivity index (χ4n) is 1.51. The Morgan fingerprint density at radius 1 is 1.36 bits per heavy atom. The van der Waals surface area contributed by atoms with E-state index in [0.29, 0.717) is 0 Å². The van der Waals surface area contributed by atoms with Crippen LogP contribution in [0.4, 0.5) is 0 Å². The first-order valence-corrected chi connectivity index (χ1v) is 5.10. The van der Waals surface area contributed by atoms with Gasteiger partial charge in [-0.2, -0.15) is 0 Å². The van der Waals surface area contributed by atoms with Crippen LogP contribution in [0, 0.1) is 6.92 Å². The normalized spacial score (nSPS) is 10.5. The van der Waals surface area contributed by atoms with Gasteiger partial charge < -0.3 is 4.74 Å². The van der Waals surface area contributed by atoms with E-state index in [1.165, 1.54) is 0 Å². The number of nitrogens with zero attached hydrogens (tertiary/aromatic N) is 1. The molecule has 0 aliphatic heterocycles. The molecule has 0 saturated heterocycles. The van der Waals surface area contributed by atoms with E-state index >= 15 is 0 Å². The molecule has 0 bridgehead atoms. The standard InChI is InChI=1S/C11H10BrNO/c1-7-6-13-10-4-3-8(12)5-9(10)11(7)14-2/h3-6H,1-2H3. The van der Waals surface area contributed by atoms with Gasteiger partial charge in [-0.3, -0.25) is 4.98 Å². The molecule has 72 valence electrons. The summed E-state index contributed by atoms with van der Waals surface area (Å²) in [6, 6.07) is 5.97. The first kappa shape index (κ1) is 9.46. The van der Waals surface area contributed by atoms with E-state index < -0.39 is 0 Å². The molecular weight excluding hydrogens is 242 g/mol. The second-order valence-corrected chi connectivity index (χ2v) is 4.05. The summed E-state index contributed by atoms with van der Waals surface area (Å²) < 4.78 is 6.39. The van der Waals surface area contributed by atoms with E-state index in [1.807, 2.05) is 31.3 Å². The van der Waals surface area contributed by atoms with Gasteiger partial charge in [-0.25, -0.2) is 0 Å². The van der Waals surface area contributed by atoms with Gasteiger partial charge in [0, 0.05) is 21.6 Å². The van der Waals surface area contributed by atoms with Crippen molar-refractivity contribution in [3.8, 4) is 5.75 Å². The van der Waals surface area contributed by atoms with E-state index in [-0.39, 0.29) is 0 Å². The lowest BCUT2D eigenvalue weighted by Crippen LogP contribution is -1.90. The summed E-state index contributed by atoms with van der Waals surface area (Å²) in [5.41, 5.74) is 2.01. The largest absolute Gasteiger partial charge is 0.496 e. The number of rotatable bonds is 1. The van der Waals surface area contributed by atoms with Gasteiger partial charge >= 0.3 is 0 Å². The van der Waals surface area contributed by atoms with Crippen molar-refractivity contribution in [2.75, 3.05) is 7.11 Å². The van der Waals surface area contributed by atoms with Crippen LogP contribution >= 0.6 is 15.9 Å². The molecule has 2 nitrogen and oxygen atoms in total. The van der Waals surface area contributed by atoms with E-state index in [1.54, 1.807) is 7.11 Å². The molecule has 0 N–H and O–H groups in total. The molecule has 14 heavy (non-hydrogen) atoms. The Hall–Kier alpha value is -1.09. The molecule has 0 unspecified atom stereocenters. The molecule has 0 aliphatic rings. The van der Waals surface area contributed by atoms with Crippen LogP contribution in [0.1, 0.15) is 5.56 Å². The molecule has 0 amide bonds. The van der Waals surface area contributed by atoms with Crippen molar-refractivity contribution in [3.63, 3.8) is 0 Å². The van der Waals surface area contributed by atoms with Crippen LogP contribution < -0.4 is 4.74 Å². The Bertz CT molecular complexity index is 477. The first-order valence-electron chi connectivity index (χ1n) is 4.31. The van der Waals surface area contributed by atoms with E-state index in [2.05, 4.69) is 20.9 Å². The Kier molecular flexibility index (Phi) is 2.42. The number of benzene rings is 1. The van der Waals surface area contributed by atoms with Gasteiger partial charge in [-0.05, 0) is 25.1 Å². The number of aryl methyl sites for hydroxylation is 1. The van der Waals surface area contributed by atoms with Gasteiger partial charge in [0.05, 0.1) is 12.6 Å². The number of hydrogen-bond donors (Lipinski definition) is 0. The summed E-state index contributed by atoms with van der Waals surface area (Å²) in [7, 11) is 1.68. The average Bonchev–Trinajstić information content (AvgIpc) is 2.17. The summed E-state index contributed by atoms with van der Waals surface area (Å²) in [5, 5.41) is 1.04. The molecule has 0 spiro atoms. The zero-order valence-electron chi connectivity index (χ0n) is 8.04. The lowest BCUT2D eigenvalue weighted by Gasteiger charge is -2.07. The smallest absolute Gasteiger partial charge is 0.132 e. The highest BCUT2D eigenvalue weighted by Crippen LogP contribution is 2.29.